The number of ether oxygens (including phenoxy) is 1. The average molecular weight is 215 g/mol. The fraction of sp³-hybridized carbons (Fsp3) is 0.909. The van der Waals surface area contributed by atoms with Crippen molar-refractivity contribution in [1.82, 2.24) is 4.90 Å². The molecule has 0 radical (unpaired) electrons. The normalized spacial score (nSPS) is 23.1. The third-order valence-corrected chi connectivity index (χ3v) is 3.26. The van der Waals surface area contributed by atoms with Crippen LogP contribution in [-0.4, -0.2) is 48.3 Å². The summed E-state index contributed by atoms with van der Waals surface area (Å²) < 4.78 is 5.38. The van der Waals surface area contributed by atoms with Gasteiger partial charge in [0, 0.05) is 13.2 Å². The Bertz CT molecular complexity index is 222. The first-order valence-corrected chi connectivity index (χ1v) is 5.47. The maximum Gasteiger partial charge on any atom is 0.323 e. The molecule has 0 aromatic carbocycles. The quantitative estimate of drug-likeness (QED) is 0.765. The van der Waals surface area contributed by atoms with Gasteiger partial charge in [-0.3, -0.25) is 9.69 Å². The number of carboxylic acids is 1. The molecular weight excluding hydrogens is 194 g/mol. The third kappa shape index (κ3) is 3.18. The van der Waals surface area contributed by atoms with E-state index < -0.39 is 11.5 Å². The van der Waals surface area contributed by atoms with Crippen molar-refractivity contribution in [3.05, 3.63) is 0 Å². The Hall–Kier alpha value is -0.610. The molecule has 1 atom stereocenters. The van der Waals surface area contributed by atoms with Crippen LogP contribution in [0, 0.1) is 5.92 Å². The molecule has 4 nitrogen and oxygen atoms in total. The van der Waals surface area contributed by atoms with Gasteiger partial charge in [0.05, 0.1) is 6.61 Å². The first-order chi connectivity index (χ1) is 6.94. The molecule has 15 heavy (non-hydrogen) atoms. The number of nitrogens with zero attached hydrogens (tertiary/aromatic N) is 1. The van der Waals surface area contributed by atoms with Gasteiger partial charge >= 0.3 is 5.97 Å². The van der Waals surface area contributed by atoms with Crippen molar-refractivity contribution in [3.8, 4) is 0 Å². The van der Waals surface area contributed by atoms with Gasteiger partial charge in [-0.25, -0.2) is 0 Å². The highest BCUT2D eigenvalue weighted by molar-refractivity contribution is 5.77. The van der Waals surface area contributed by atoms with E-state index in [-0.39, 0.29) is 0 Å². The number of rotatable bonds is 4. The van der Waals surface area contributed by atoms with Gasteiger partial charge in [0.25, 0.3) is 0 Å². The molecule has 0 aliphatic carbocycles. The zero-order valence-electron chi connectivity index (χ0n) is 9.82. The summed E-state index contributed by atoms with van der Waals surface area (Å²) in [5.41, 5.74) is -0.794. The van der Waals surface area contributed by atoms with Gasteiger partial charge < -0.3 is 9.84 Å². The minimum absolute atomic E-state index is 0.474. The van der Waals surface area contributed by atoms with Gasteiger partial charge in [-0.05, 0) is 39.7 Å². The van der Waals surface area contributed by atoms with Gasteiger partial charge in [-0.15, -0.1) is 0 Å². The fourth-order valence-corrected chi connectivity index (χ4v) is 1.73. The van der Waals surface area contributed by atoms with E-state index in [4.69, 9.17) is 9.84 Å². The van der Waals surface area contributed by atoms with Crippen molar-refractivity contribution in [1.29, 1.82) is 0 Å². The Kier molecular flexibility index (Phi) is 4.11. The monoisotopic (exact) mass is 215 g/mol. The van der Waals surface area contributed by atoms with E-state index in [1.807, 2.05) is 11.9 Å². The lowest BCUT2D eigenvalue weighted by Crippen LogP contribution is -2.50. The fourth-order valence-electron chi connectivity index (χ4n) is 1.73. The van der Waals surface area contributed by atoms with E-state index in [1.165, 1.54) is 0 Å². The van der Waals surface area contributed by atoms with Crippen LogP contribution in [0.3, 0.4) is 0 Å². The molecule has 1 fully saturated rings. The van der Waals surface area contributed by atoms with Crippen molar-refractivity contribution in [3.63, 3.8) is 0 Å². The molecule has 0 amide bonds. The number of hydrogen-bond donors (Lipinski definition) is 1. The summed E-state index contributed by atoms with van der Waals surface area (Å²) in [4.78, 5) is 12.9. The second-order valence-electron chi connectivity index (χ2n) is 4.83. The molecule has 88 valence electrons. The number of likely N-dealkylation sites (N-methyl/N-ethyl adjacent to an activating group) is 1. The van der Waals surface area contributed by atoms with Crippen molar-refractivity contribution in [2.24, 2.45) is 5.92 Å². The Morgan fingerprint density at radius 2 is 2.27 bits per heavy atom. The summed E-state index contributed by atoms with van der Waals surface area (Å²) in [6.45, 7) is 5.87. The lowest BCUT2D eigenvalue weighted by molar-refractivity contribution is -0.149. The Morgan fingerprint density at radius 1 is 1.60 bits per heavy atom. The summed E-state index contributed by atoms with van der Waals surface area (Å²) in [6, 6.07) is 0. The van der Waals surface area contributed by atoms with E-state index in [0.717, 1.165) is 32.6 Å². The van der Waals surface area contributed by atoms with E-state index in [9.17, 15) is 4.79 Å². The molecule has 0 saturated carbocycles. The van der Waals surface area contributed by atoms with Crippen LogP contribution < -0.4 is 0 Å². The highest BCUT2D eigenvalue weighted by Crippen LogP contribution is 2.19. The summed E-state index contributed by atoms with van der Waals surface area (Å²) in [5, 5.41) is 9.07. The Labute approximate surface area is 91.2 Å². The lowest BCUT2D eigenvalue weighted by atomic mass is 9.97. The van der Waals surface area contributed by atoms with Gasteiger partial charge in [0.15, 0.2) is 0 Å². The van der Waals surface area contributed by atoms with Gasteiger partial charge in [-0.1, -0.05) is 0 Å². The third-order valence-electron chi connectivity index (χ3n) is 3.26. The molecule has 1 heterocycles. The van der Waals surface area contributed by atoms with Crippen molar-refractivity contribution in [2.45, 2.75) is 32.2 Å². The Morgan fingerprint density at radius 3 is 2.73 bits per heavy atom. The molecule has 1 aliphatic heterocycles. The highest BCUT2D eigenvalue weighted by atomic mass is 16.5. The molecule has 1 saturated heterocycles. The summed E-state index contributed by atoms with van der Waals surface area (Å²) in [6.07, 6.45) is 2.23. The second kappa shape index (κ2) is 4.94. The predicted octanol–water partition coefficient (Wildman–Crippen LogP) is 1.21. The topological polar surface area (TPSA) is 49.8 Å². The first-order valence-electron chi connectivity index (χ1n) is 5.47. The number of aliphatic carboxylic acids is 1. The predicted molar refractivity (Wildman–Crippen MR) is 57.9 cm³/mol. The van der Waals surface area contributed by atoms with Crippen LogP contribution in [-0.2, 0) is 9.53 Å². The summed E-state index contributed by atoms with van der Waals surface area (Å²) in [7, 11) is 1.86. The van der Waals surface area contributed by atoms with Crippen LogP contribution in [0.2, 0.25) is 0 Å². The molecular formula is C11H21NO3. The van der Waals surface area contributed by atoms with Crippen LogP contribution in [0.4, 0.5) is 0 Å². The number of carboxylic acid groups (broad SMARTS) is 1. The minimum atomic E-state index is -0.794. The maximum atomic E-state index is 11.0. The average Bonchev–Trinajstić information content (AvgIpc) is 2.18. The molecule has 1 N–H and O–H groups in total. The van der Waals surface area contributed by atoms with E-state index in [1.54, 1.807) is 13.8 Å². The van der Waals surface area contributed by atoms with Gasteiger partial charge in [-0.2, -0.15) is 0 Å². The standard InChI is InChI=1S/C11H21NO3/c1-11(2,10(13)14)12(3)7-9-5-4-6-15-8-9/h9H,4-8H2,1-3H3,(H,13,14). The smallest absolute Gasteiger partial charge is 0.323 e. The largest absolute Gasteiger partial charge is 0.480 e. The van der Waals surface area contributed by atoms with E-state index in [0.29, 0.717) is 5.92 Å². The second-order valence-corrected chi connectivity index (χ2v) is 4.83. The zero-order valence-corrected chi connectivity index (χ0v) is 9.82. The van der Waals surface area contributed by atoms with E-state index >= 15 is 0 Å². The zero-order chi connectivity index (χ0) is 11.5. The van der Waals surface area contributed by atoms with Gasteiger partial charge in [0.2, 0.25) is 0 Å². The molecule has 0 spiro atoms. The van der Waals surface area contributed by atoms with Crippen LogP contribution in [0.5, 0.6) is 0 Å². The molecule has 1 aliphatic rings. The molecule has 0 bridgehead atoms. The van der Waals surface area contributed by atoms with Crippen molar-refractivity contribution < 1.29 is 14.6 Å². The van der Waals surface area contributed by atoms with Crippen LogP contribution in [0.1, 0.15) is 26.7 Å². The molecule has 1 unspecified atom stereocenters. The SMILES string of the molecule is CN(CC1CCCOC1)C(C)(C)C(=O)O. The Balaban J connectivity index is 2.46. The first kappa shape index (κ1) is 12.5. The van der Waals surface area contributed by atoms with Crippen LogP contribution >= 0.6 is 0 Å². The minimum Gasteiger partial charge on any atom is -0.480 e. The molecule has 1 rings (SSSR count). The van der Waals surface area contributed by atoms with Crippen molar-refractivity contribution in [2.75, 3.05) is 26.8 Å². The summed E-state index contributed by atoms with van der Waals surface area (Å²) in [5.74, 6) is -0.302. The molecule has 0 aromatic heterocycles. The van der Waals surface area contributed by atoms with Gasteiger partial charge in [0.1, 0.15) is 5.54 Å². The summed E-state index contributed by atoms with van der Waals surface area (Å²) >= 11 is 0. The molecule has 4 heteroatoms. The lowest BCUT2D eigenvalue weighted by Gasteiger charge is -2.35. The van der Waals surface area contributed by atoms with Crippen LogP contribution in [0.15, 0.2) is 0 Å². The number of hydrogen-bond acceptors (Lipinski definition) is 3. The highest BCUT2D eigenvalue weighted by Gasteiger charge is 2.33. The maximum absolute atomic E-state index is 11.0. The van der Waals surface area contributed by atoms with E-state index in [2.05, 4.69) is 0 Å². The van der Waals surface area contributed by atoms with Crippen molar-refractivity contribution >= 4 is 5.97 Å². The molecule has 0 aromatic rings. The van der Waals surface area contributed by atoms with Crippen LogP contribution in [0.25, 0.3) is 0 Å². The number of carbonyl (C=O) groups is 1.